The summed E-state index contributed by atoms with van der Waals surface area (Å²) in [6.07, 6.45) is 1.65. The number of hydrogen-bond donors (Lipinski definition) is 1. The van der Waals surface area contributed by atoms with Gasteiger partial charge in [-0.25, -0.2) is 8.42 Å². The van der Waals surface area contributed by atoms with Crippen molar-refractivity contribution in [2.45, 2.75) is 38.3 Å². The Morgan fingerprint density at radius 3 is 2.30 bits per heavy atom. The molecule has 23 heavy (non-hydrogen) atoms. The monoisotopic (exact) mass is 336 g/mol. The van der Waals surface area contributed by atoms with Gasteiger partial charge in [0.15, 0.2) is 0 Å². The number of rotatable bonds is 8. The molecule has 0 saturated heterocycles. The van der Waals surface area contributed by atoms with Crippen molar-refractivity contribution < 1.29 is 12.8 Å². The molecule has 2 aromatic rings. The number of nitrogens with zero attached hydrogens (tertiary/aromatic N) is 1. The van der Waals surface area contributed by atoms with Gasteiger partial charge in [-0.1, -0.05) is 26.0 Å². The zero-order valence-electron chi connectivity index (χ0n) is 13.8. The van der Waals surface area contributed by atoms with Gasteiger partial charge in [-0.15, -0.1) is 0 Å². The van der Waals surface area contributed by atoms with E-state index in [9.17, 15) is 8.42 Å². The van der Waals surface area contributed by atoms with Crippen molar-refractivity contribution in [1.29, 1.82) is 0 Å². The summed E-state index contributed by atoms with van der Waals surface area (Å²) in [6.45, 7) is 7.31. The quantitative estimate of drug-likeness (QED) is 0.804. The molecule has 1 atom stereocenters. The van der Waals surface area contributed by atoms with E-state index in [1.165, 1.54) is 4.31 Å². The van der Waals surface area contributed by atoms with Crippen LogP contribution < -0.4 is 5.32 Å². The van der Waals surface area contributed by atoms with E-state index in [1.54, 1.807) is 18.4 Å². The molecule has 5 nitrogen and oxygen atoms in total. The first-order valence-corrected chi connectivity index (χ1v) is 9.29. The summed E-state index contributed by atoms with van der Waals surface area (Å²) in [5.41, 5.74) is 1.04. The molecule has 1 N–H and O–H groups in total. The van der Waals surface area contributed by atoms with E-state index in [2.05, 4.69) is 5.32 Å². The predicted octanol–water partition coefficient (Wildman–Crippen LogP) is 3.16. The summed E-state index contributed by atoms with van der Waals surface area (Å²) in [7, 11) is -3.39. The second-order valence-corrected chi connectivity index (χ2v) is 7.28. The molecule has 0 amide bonds. The van der Waals surface area contributed by atoms with Gasteiger partial charge in [0.2, 0.25) is 10.0 Å². The SMILES string of the molecule is CCN(CC)S(=O)(=O)c1ccc(C(C)NCc2ccco2)cc1. The molecule has 0 bridgehead atoms. The molecule has 0 spiro atoms. The van der Waals surface area contributed by atoms with Crippen molar-refractivity contribution >= 4 is 10.0 Å². The molecule has 0 aliphatic heterocycles. The lowest BCUT2D eigenvalue weighted by molar-refractivity contribution is 0.445. The maximum Gasteiger partial charge on any atom is 0.243 e. The number of nitrogens with one attached hydrogen (secondary N) is 1. The van der Waals surface area contributed by atoms with Gasteiger partial charge in [0.05, 0.1) is 17.7 Å². The average Bonchev–Trinajstić information content (AvgIpc) is 3.07. The zero-order valence-corrected chi connectivity index (χ0v) is 14.6. The summed E-state index contributed by atoms with van der Waals surface area (Å²) in [6, 6.07) is 10.9. The van der Waals surface area contributed by atoms with Crippen LogP contribution in [0.25, 0.3) is 0 Å². The van der Waals surface area contributed by atoms with Gasteiger partial charge in [-0.05, 0) is 36.8 Å². The lowest BCUT2D eigenvalue weighted by Crippen LogP contribution is -2.30. The van der Waals surface area contributed by atoms with Crippen LogP contribution in [0.1, 0.15) is 38.1 Å². The maximum atomic E-state index is 12.5. The zero-order chi connectivity index (χ0) is 16.9. The molecule has 0 radical (unpaired) electrons. The normalized spacial score (nSPS) is 13.4. The topological polar surface area (TPSA) is 62.6 Å². The highest BCUT2D eigenvalue weighted by Crippen LogP contribution is 2.19. The van der Waals surface area contributed by atoms with Gasteiger partial charge in [-0.3, -0.25) is 0 Å². The van der Waals surface area contributed by atoms with E-state index in [0.29, 0.717) is 24.5 Å². The minimum Gasteiger partial charge on any atom is -0.468 e. The molecule has 2 rings (SSSR count). The van der Waals surface area contributed by atoms with E-state index in [-0.39, 0.29) is 6.04 Å². The molecule has 6 heteroatoms. The van der Waals surface area contributed by atoms with Crippen LogP contribution in [0.15, 0.2) is 52.0 Å². The van der Waals surface area contributed by atoms with Crippen LogP contribution in [0.2, 0.25) is 0 Å². The molecule has 126 valence electrons. The summed E-state index contributed by atoms with van der Waals surface area (Å²) >= 11 is 0. The fourth-order valence-electron chi connectivity index (χ4n) is 2.43. The third-order valence-corrected chi connectivity index (χ3v) is 5.95. The van der Waals surface area contributed by atoms with Gasteiger partial charge in [0.1, 0.15) is 5.76 Å². The Balaban J connectivity index is 2.06. The van der Waals surface area contributed by atoms with E-state index in [4.69, 9.17) is 4.42 Å². The second-order valence-electron chi connectivity index (χ2n) is 5.34. The van der Waals surface area contributed by atoms with Gasteiger partial charge in [0.25, 0.3) is 0 Å². The van der Waals surface area contributed by atoms with Crippen LogP contribution in [-0.2, 0) is 16.6 Å². The van der Waals surface area contributed by atoms with Crippen molar-refractivity contribution in [1.82, 2.24) is 9.62 Å². The molecular weight excluding hydrogens is 312 g/mol. The highest BCUT2D eigenvalue weighted by molar-refractivity contribution is 7.89. The highest BCUT2D eigenvalue weighted by Gasteiger charge is 2.21. The van der Waals surface area contributed by atoms with Crippen LogP contribution in [0.5, 0.6) is 0 Å². The first-order chi connectivity index (χ1) is 11.0. The standard InChI is InChI=1S/C17H24N2O3S/c1-4-19(5-2)23(20,21)17-10-8-15(9-11-17)14(3)18-13-16-7-6-12-22-16/h6-12,14,18H,4-5,13H2,1-3H3. The van der Waals surface area contributed by atoms with Crippen LogP contribution in [-0.4, -0.2) is 25.8 Å². The average molecular weight is 336 g/mol. The molecule has 1 unspecified atom stereocenters. The number of benzene rings is 1. The minimum atomic E-state index is -3.39. The highest BCUT2D eigenvalue weighted by atomic mass is 32.2. The van der Waals surface area contributed by atoms with Gasteiger partial charge in [-0.2, -0.15) is 4.31 Å². The summed E-state index contributed by atoms with van der Waals surface area (Å²) in [5, 5.41) is 3.35. The number of sulfonamides is 1. The molecule has 0 saturated carbocycles. The molecular formula is C17H24N2O3S. The van der Waals surface area contributed by atoms with Gasteiger partial charge >= 0.3 is 0 Å². The summed E-state index contributed by atoms with van der Waals surface area (Å²) in [5.74, 6) is 0.873. The fourth-order valence-corrected chi connectivity index (χ4v) is 3.88. The Kier molecular flexibility index (Phi) is 5.98. The van der Waals surface area contributed by atoms with Crippen molar-refractivity contribution in [3.05, 3.63) is 54.0 Å². The van der Waals surface area contributed by atoms with Crippen LogP contribution in [0, 0.1) is 0 Å². The lowest BCUT2D eigenvalue weighted by atomic mass is 10.1. The third-order valence-electron chi connectivity index (χ3n) is 3.89. The molecule has 1 aromatic carbocycles. The molecule has 1 aromatic heterocycles. The van der Waals surface area contributed by atoms with Crippen molar-refractivity contribution in [3.63, 3.8) is 0 Å². The van der Waals surface area contributed by atoms with E-state index >= 15 is 0 Å². The molecule has 0 fully saturated rings. The van der Waals surface area contributed by atoms with Crippen molar-refractivity contribution in [2.24, 2.45) is 0 Å². The van der Waals surface area contributed by atoms with Gasteiger partial charge < -0.3 is 9.73 Å². The van der Waals surface area contributed by atoms with Gasteiger partial charge in [0, 0.05) is 19.1 Å². The first kappa shape index (κ1) is 17.7. The minimum absolute atomic E-state index is 0.102. The fraction of sp³-hybridized carbons (Fsp3) is 0.412. The Morgan fingerprint density at radius 1 is 1.13 bits per heavy atom. The lowest BCUT2D eigenvalue weighted by Gasteiger charge is -2.19. The van der Waals surface area contributed by atoms with E-state index in [0.717, 1.165) is 11.3 Å². The van der Waals surface area contributed by atoms with E-state index < -0.39 is 10.0 Å². The Labute approximate surface area is 138 Å². The van der Waals surface area contributed by atoms with Crippen molar-refractivity contribution in [3.8, 4) is 0 Å². The van der Waals surface area contributed by atoms with Crippen LogP contribution >= 0.6 is 0 Å². The van der Waals surface area contributed by atoms with E-state index in [1.807, 2.05) is 45.0 Å². The number of furan rings is 1. The predicted molar refractivity (Wildman–Crippen MR) is 90.5 cm³/mol. The maximum absolute atomic E-state index is 12.5. The number of hydrogen-bond acceptors (Lipinski definition) is 4. The second kappa shape index (κ2) is 7.77. The Hall–Kier alpha value is -1.63. The summed E-state index contributed by atoms with van der Waals surface area (Å²) in [4.78, 5) is 0.336. The first-order valence-electron chi connectivity index (χ1n) is 7.85. The molecule has 0 aliphatic rings. The largest absolute Gasteiger partial charge is 0.468 e. The third kappa shape index (κ3) is 4.22. The van der Waals surface area contributed by atoms with Crippen LogP contribution in [0.3, 0.4) is 0 Å². The molecule has 1 heterocycles. The Bertz CT molecular complexity index is 690. The molecule has 0 aliphatic carbocycles. The van der Waals surface area contributed by atoms with Crippen LogP contribution in [0.4, 0.5) is 0 Å². The van der Waals surface area contributed by atoms with Crippen molar-refractivity contribution in [2.75, 3.05) is 13.1 Å². The Morgan fingerprint density at radius 2 is 1.78 bits per heavy atom. The smallest absolute Gasteiger partial charge is 0.243 e. The summed E-state index contributed by atoms with van der Waals surface area (Å²) < 4.78 is 31.7.